The number of anilines is 1. The van der Waals surface area contributed by atoms with Gasteiger partial charge in [-0.25, -0.2) is 0 Å². The second-order valence-electron chi connectivity index (χ2n) is 5.91. The van der Waals surface area contributed by atoms with Gasteiger partial charge in [-0.1, -0.05) is 42.5 Å². The molecule has 0 saturated heterocycles. The van der Waals surface area contributed by atoms with Crippen LogP contribution in [0.5, 0.6) is 5.75 Å². The highest BCUT2D eigenvalue weighted by atomic mass is 32.2. The van der Waals surface area contributed by atoms with Gasteiger partial charge in [-0.2, -0.15) is 0 Å². The van der Waals surface area contributed by atoms with Crippen molar-refractivity contribution in [1.82, 2.24) is 0 Å². The molecule has 25 heavy (non-hydrogen) atoms. The molecule has 0 aliphatic carbocycles. The van der Waals surface area contributed by atoms with Crippen LogP contribution in [-0.2, 0) is 4.79 Å². The zero-order chi connectivity index (χ0) is 17.4. The van der Waals surface area contributed by atoms with Crippen molar-refractivity contribution >= 4 is 34.1 Å². The molecule has 4 nitrogen and oxygen atoms in total. The quantitative estimate of drug-likeness (QED) is 0.733. The van der Waals surface area contributed by atoms with E-state index in [0.29, 0.717) is 0 Å². The Morgan fingerprint density at radius 2 is 1.80 bits per heavy atom. The summed E-state index contributed by atoms with van der Waals surface area (Å²) in [6.07, 6.45) is -1.13. The second-order valence-corrected chi connectivity index (χ2v) is 7.06. The summed E-state index contributed by atoms with van der Waals surface area (Å²) in [7, 11) is 1.61. The largest absolute Gasteiger partial charge is 0.497 e. The van der Waals surface area contributed by atoms with Crippen molar-refractivity contribution in [3.8, 4) is 5.75 Å². The highest BCUT2D eigenvalue weighted by Crippen LogP contribution is 2.47. The molecule has 2 N–H and O–H groups in total. The lowest BCUT2D eigenvalue weighted by atomic mass is 10.1. The molecular formula is C20H17NO3S. The van der Waals surface area contributed by atoms with E-state index in [1.807, 2.05) is 60.7 Å². The molecule has 3 aromatic carbocycles. The molecule has 0 radical (unpaired) electrons. The van der Waals surface area contributed by atoms with E-state index in [9.17, 15) is 9.90 Å². The fourth-order valence-corrected chi connectivity index (χ4v) is 4.41. The average Bonchev–Trinajstić information content (AvgIpc) is 2.79. The predicted octanol–water partition coefficient (Wildman–Crippen LogP) is 3.99. The van der Waals surface area contributed by atoms with Crippen LogP contribution in [-0.4, -0.2) is 24.2 Å². The van der Waals surface area contributed by atoms with E-state index in [2.05, 4.69) is 5.32 Å². The normalized spacial score (nSPS) is 19.8. The molecule has 0 spiro atoms. The summed E-state index contributed by atoms with van der Waals surface area (Å²) >= 11 is 1.51. The fourth-order valence-electron chi connectivity index (χ4n) is 3.05. The first-order valence-corrected chi connectivity index (χ1v) is 8.86. The van der Waals surface area contributed by atoms with E-state index in [-0.39, 0.29) is 5.91 Å². The summed E-state index contributed by atoms with van der Waals surface area (Å²) in [6.45, 7) is 0. The number of fused-ring (bicyclic) bond motifs is 3. The van der Waals surface area contributed by atoms with E-state index >= 15 is 0 Å². The summed E-state index contributed by atoms with van der Waals surface area (Å²) in [5.41, 5.74) is 1.62. The minimum Gasteiger partial charge on any atom is -0.497 e. The number of rotatable bonds is 2. The van der Waals surface area contributed by atoms with Crippen molar-refractivity contribution in [2.45, 2.75) is 16.2 Å². The van der Waals surface area contributed by atoms with Gasteiger partial charge in [0.05, 0.1) is 18.0 Å². The summed E-state index contributed by atoms with van der Waals surface area (Å²) in [4.78, 5) is 13.4. The van der Waals surface area contributed by atoms with Crippen LogP contribution in [0, 0.1) is 0 Å². The summed E-state index contributed by atoms with van der Waals surface area (Å²) in [5.74, 6) is 0.356. The lowest BCUT2D eigenvalue weighted by Crippen LogP contribution is -2.30. The van der Waals surface area contributed by atoms with Crippen LogP contribution in [0.1, 0.15) is 10.8 Å². The zero-order valence-corrected chi connectivity index (χ0v) is 14.4. The summed E-state index contributed by atoms with van der Waals surface area (Å²) in [6, 6.07) is 19.4. The third kappa shape index (κ3) is 2.86. The predicted molar refractivity (Wildman–Crippen MR) is 100 cm³/mol. The molecule has 3 aromatic rings. The number of aliphatic hydroxyl groups is 1. The van der Waals surface area contributed by atoms with Crippen molar-refractivity contribution in [2.24, 2.45) is 0 Å². The number of hydrogen-bond acceptors (Lipinski definition) is 4. The van der Waals surface area contributed by atoms with E-state index in [1.54, 1.807) is 7.11 Å². The third-order valence-corrected chi connectivity index (χ3v) is 5.84. The Hall–Kier alpha value is -2.50. The maximum atomic E-state index is 12.4. The molecule has 2 atom stereocenters. The number of ether oxygens (including phenoxy) is 1. The molecule has 1 aliphatic heterocycles. The van der Waals surface area contributed by atoms with Gasteiger partial charge in [-0.3, -0.25) is 4.79 Å². The number of methoxy groups -OCH3 is 1. The standard InChI is InChI=1S/C20H17NO3S/c1-24-14-9-6-13(7-10-14)18-17(22)20(23)21-16-11-8-12-4-2-3-5-15(12)19(16)25-18/h2-11,17-18,22H,1H3,(H,21,23)/t17-,18-/m1/s1. The Kier molecular flexibility index (Phi) is 4.11. The van der Waals surface area contributed by atoms with E-state index in [0.717, 1.165) is 32.7 Å². The van der Waals surface area contributed by atoms with Crippen LogP contribution in [0.3, 0.4) is 0 Å². The molecule has 0 unspecified atom stereocenters. The number of thioether (sulfide) groups is 1. The second kappa shape index (κ2) is 6.43. The van der Waals surface area contributed by atoms with Crippen molar-refractivity contribution < 1.29 is 14.6 Å². The van der Waals surface area contributed by atoms with Gasteiger partial charge in [0.2, 0.25) is 0 Å². The zero-order valence-electron chi connectivity index (χ0n) is 13.6. The van der Waals surface area contributed by atoms with E-state index in [1.165, 1.54) is 11.8 Å². The number of nitrogens with one attached hydrogen (secondary N) is 1. The molecule has 4 rings (SSSR count). The molecular weight excluding hydrogens is 334 g/mol. The molecule has 1 heterocycles. The number of aliphatic hydroxyl groups excluding tert-OH is 1. The highest BCUT2D eigenvalue weighted by Gasteiger charge is 2.33. The van der Waals surface area contributed by atoms with Crippen molar-refractivity contribution in [1.29, 1.82) is 0 Å². The number of carbonyl (C=O) groups excluding carboxylic acids is 1. The van der Waals surface area contributed by atoms with Gasteiger partial charge in [0.15, 0.2) is 0 Å². The molecule has 5 heteroatoms. The van der Waals surface area contributed by atoms with Crippen molar-refractivity contribution in [2.75, 3.05) is 12.4 Å². The van der Waals surface area contributed by atoms with Gasteiger partial charge in [0.1, 0.15) is 11.9 Å². The minimum atomic E-state index is -1.13. The van der Waals surface area contributed by atoms with Crippen LogP contribution in [0.15, 0.2) is 65.6 Å². The number of hydrogen-bond donors (Lipinski definition) is 2. The van der Waals surface area contributed by atoms with Gasteiger partial charge in [-0.05, 0) is 34.5 Å². The van der Waals surface area contributed by atoms with Crippen LogP contribution >= 0.6 is 11.8 Å². The summed E-state index contributed by atoms with van der Waals surface area (Å²) in [5, 5.41) is 15.2. The highest BCUT2D eigenvalue weighted by molar-refractivity contribution is 8.00. The molecule has 0 aromatic heterocycles. The fraction of sp³-hybridized carbons (Fsp3) is 0.150. The smallest absolute Gasteiger partial charge is 0.254 e. The van der Waals surface area contributed by atoms with Crippen LogP contribution in [0.4, 0.5) is 5.69 Å². The van der Waals surface area contributed by atoms with E-state index in [4.69, 9.17) is 4.74 Å². The monoisotopic (exact) mass is 351 g/mol. The van der Waals surface area contributed by atoms with Gasteiger partial charge >= 0.3 is 0 Å². The SMILES string of the molecule is COc1ccc([C@H]2Sc3c(ccc4ccccc34)NC(=O)[C@@H]2O)cc1. The van der Waals surface area contributed by atoms with Crippen LogP contribution in [0.2, 0.25) is 0 Å². The molecule has 0 fully saturated rings. The van der Waals surface area contributed by atoms with Gasteiger partial charge < -0.3 is 15.2 Å². The van der Waals surface area contributed by atoms with Crippen molar-refractivity contribution in [3.63, 3.8) is 0 Å². The first-order chi connectivity index (χ1) is 12.2. The Balaban J connectivity index is 1.83. The van der Waals surface area contributed by atoms with Gasteiger partial charge in [-0.15, -0.1) is 11.8 Å². The maximum Gasteiger partial charge on any atom is 0.254 e. The van der Waals surface area contributed by atoms with Crippen molar-refractivity contribution in [3.05, 3.63) is 66.2 Å². The Labute approximate surface area is 149 Å². The Morgan fingerprint density at radius 1 is 1.04 bits per heavy atom. The first kappa shape index (κ1) is 16.0. The minimum absolute atomic E-state index is 0.387. The lowest BCUT2D eigenvalue weighted by molar-refractivity contribution is -0.124. The molecule has 126 valence electrons. The Morgan fingerprint density at radius 3 is 2.56 bits per heavy atom. The molecule has 0 saturated carbocycles. The number of benzene rings is 3. The third-order valence-electron chi connectivity index (χ3n) is 4.38. The topological polar surface area (TPSA) is 58.6 Å². The molecule has 1 amide bonds. The number of carbonyl (C=O) groups is 1. The molecule has 0 bridgehead atoms. The number of amides is 1. The van der Waals surface area contributed by atoms with Crippen LogP contribution < -0.4 is 10.1 Å². The first-order valence-electron chi connectivity index (χ1n) is 7.98. The van der Waals surface area contributed by atoms with E-state index < -0.39 is 11.4 Å². The summed E-state index contributed by atoms with van der Waals surface area (Å²) < 4.78 is 5.19. The van der Waals surface area contributed by atoms with Crippen LogP contribution in [0.25, 0.3) is 10.8 Å². The van der Waals surface area contributed by atoms with Gasteiger partial charge in [0, 0.05) is 4.90 Å². The van der Waals surface area contributed by atoms with Gasteiger partial charge in [0.25, 0.3) is 5.91 Å². The average molecular weight is 351 g/mol. The Bertz CT molecular complexity index is 939. The lowest BCUT2D eigenvalue weighted by Gasteiger charge is -2.19. The molecule has 1 aliphatic rings. The maximum absolute atomic E-state index is 12.4.